The molecule has 0 aliphatic rings. The third-order valence-electron chi connectivity index (χ3n) is 2.87. The lowest BCUT2D eigenvalue weighted by molar-refractivity contribution is -0.123. The summed E-state index contributed by atoms with van der Waals surface area (Å²) >= 11 is 1.55. The number of amides is 1. The first-order chi connectivity index (χ1) is 9.60. The van der Waals surface area contributed by atoms with Gasteiger partial charge in [0.25, 0.3) is 0 Å². The molecule has 20 heavy (non-hydrogen) atoms. The Hall–Kier alpha value is -1.80. The van der Waals surface area contributed by atoms with Gasteiger partial charge in [0.05, 0.1) is 12.6 Å². The van der Waals surface area contributed by atoms with Gasteiger partial charge in [-0.05, 0) is 22.6 Å². The van der Waals surface area contributed by atoms with Crippen LogP contribution in [0.1, 0.15) is 13.8 Å². The Morgan fingerprint density at radius 2 is 2.35 bits per heavy atom. The van der Waals surface area contributed by atoms with E-state index in [1.54, 1.807) is 11.3 Å². The topological polar surface area (TPSA) is 92.9 Å². The van der Waals surface area contributed by atoms with Gasteiger partial charge in [0.1, 0.15) is 6.54 Å². The van der Waals surface area contributed by atoms with Gasteiger partial charge in [-0.2, -0.15) is 16.1 Å². The molecule has 1 atom stereocenters. The molecule has 0 saturated carbocycles. The highest BCUT2D eigenvalue weighted by Crippen LogP contribution is 2.16. The number of nitrogens with one attached hydrogen (secondary N) is 1. The van der Waals surface area contributed by atoms with Crippen LogP contribution in [0.2, 0.25) is 0 Å². The predicted molar refractivity (Wildman–Crippen MR) is 75.0 cm³/mol. The van der Waals surface area contributed by atoms with E-state index in [1.807, 2.05) is 30.7 Å². The molecule has 1 amide bonds. The third-order valence-corrected chi connectivity index (χ3v) is 3.55. The highest BCUT2D eigenvalue weighted by molar-refractivity contribution is 7.08. The van der Waals surface area contributed by atoms with Gasteiger partial charge in [-0.15, -0.1) is 10.2 Å². The zero-order valence-electron chi connectivity index (χ0n) is 11.4. The molecule has 0 radical (unpaired) electrons. The molecule has 2 N–H and O–H groups in total. The van der Waals surface area contributed by atoms with Crippen LogP contribution in [0.4, 0.5) is 0 Å². The maximum absolute atomic E-state index is 11.8. The molecular weight excluding hydrogens is 278 g/mol. The molecule has 2 aromatic rings. The number of rotatable bonds is 6. The first-order valence-corrected chi connectivity index (χ1v) is 7.25. The van der Waals surface area contributed by atoms with E-state index >= 15 is 0 Å². The molecule has 7 nitrogen and oxygen atoms in total. The third kappa shape index (κ3) is 3.61. The summed E-state index contributed by atoms with van der Waals surface area (Å²) in [5.41, 5.74) is 0.886. The number of nitrogens with zero attached hydrogens (tertiary/aromatic N) is 4. The summed E-state index contributed by atoms with van der Waals surface area (Å²) in [4.78, 5) is 13.1. The number of tetrazole rings is 1. The van der Waals surface area contributed by atoms with Crippen molar-refractivity contribution in [1.82, 2.24) is 25.5 Å². The summed E-state index contributed by atoms with van der Waals surface area (Å²) in [6.45, 7) is 3.77. The van der Waals surface area contributed by atoms with Crippen LogP contribution in [0.15, 0.2) is 16.8 Å². The van der Waals surface area contributed by atoms with Crippen LogP contribution in [-0.2, 0) is 11.3 Å². The van der Waals surface area contributed by atoms with E-state index in [-0.39, 0.29) is 31.0 Å². The number of aliphatic hydroxyl groups is 1. The summed E-state index contributed by atoms with van der Waals surface area (Å²) in [7, 11) is 0. The minimum atomic E-state index is -0.262. The molecule has 0 saturated heterocycles. The highest BCUT2D eigenvalue weighted by Gasteiger charge is 2.16. The van der Waals surface area contributed by atoms with Crippen molar-refractivity contribution < 1.29 is 9.90 Å². The highest BCUT2D eigenvalue weighted by atomic mass is 32.1. The molecule has 0 aliphatic heterocycles. The minimum absolute atomic E-state index is 0.0135. The van der Waals surface area contributed by atoms with Crippen LogP contribution in [0.25, 0.3) is 11.4 Å². The second-order valence-electron chi connectivity index (χ2n) is 4.76. The van der Waals surface area contributed by atoms with Crippen LogP contribution in [-0.4, -0.2) is 43.9 Å². The van der Waals surface area contributed by atoms with E-state index < -0.39 is 0 Å². The van der Waals surface area contributed by atoms with Crippen molar-refractivity contribution in [3.63, 3.8) is 0 Å². The van der Waals surface area contributed by atoms with E-state index in [4.69, 9.17) is 0 Å². The molecule has 0 bridgehead atoms. The van der Waals surface area contributed by atoms with E-state index in [2.05, 4.69) is 20.7 Å². The number of aromatic nitrogens is 4. The van der Waals surface area contributed by atoms with Crippen molar-refractivity contribution in [3.8, 4) is 11.4 Å². The van der Waals surface area contributed by atoms with Crippen LogP contribution in [0.3, 0.4) is 0 Å². The fourth-order valence-electron chi connectivity index (χ4n) is 1.62. The minimum Gasteiger partial charge on any atom is -0.394 e. The fraction of sp³-hybridized carbons (Fsp3) is 0.500. The van der Waals surface area contributed by atoms with Gasteiger partial charge in [-0.1, -0.05) is 13.8 Å². The van der Waals surface area contributed by atoms with Gasteiger partial charge in [-0.25, -0.2) is 0 Å². The van der Waals surface area contributed by atoms with Crippen molar-refractivity contribution in [2.75, 3.05) is 6.61 Å². The van der Waals surface area contributed by atoms with Gasteiger partial charge in [0.2, 0.25) is 11.7 Å². The molecule has 0 unspecified atom stereocenters. The zero-order chi connectivity index (χ0) is 14.5. The molecule has 2 aromatic heterocycles. The first-order valence-electron chi connectivity index (χ1n) is 6.30. The Morgan fingerprint density at radius 1 is 1.55 bits per heavy atom. The predicted octanol–water partition coefficient (Wildman–Crippen LogP) is 0.535. The number of carbonyl (C=O) groups is 1. The molecule has 8 heteroatoms. The molecule has 0 fully saturated rings. The Morgan fingerprint density at radius 3 is 2.95 bits per heavy atom. The van der Waals surface area contributed by atoms with Gasteiger partial charge >= 0.3 is 0 Å². The normalized spacial score (nSPS) is 12.6. The van der Waals surface area contributed by atoms with Crippen LogP contribution >= 0.6 is 11.3 Å². The largest absolute Gasteiger partial charge is 0.394 e. The lowest BCUT2D eigenvalue weighted by Gasteiger charge is -2.19. The smallest absolute Gasteiger partial charge is 0.243 e. The molecular formula is C12H17N5O2S. The quantitative estimate of drug-likeness (QED) is 0.811. The lowest BCUT2D eigenvalue weighted by atomic mass is 10.1. The van der Waals surface area contributed by atoms with Crippen LogP contribution in [0.5, 0.6) is 0 Å². The summed E-state index contributed by atoms with van der Waals surface area (Å²) in [5, 5.41) is 27.7. The van der Waals surface area contributed by atoms with E-state index in [0.29, 0.717) is 5.82 Å². The Balaban J connectivity index is 1.95. The molecule has 108 valence electrons. The van der Waals surface area contributed by atoms with Gasteiger partial charge < -0.3 is 10.4 Å². The maximum atomic E-state index is 11.8. The van der Waals surface area contributed by atoms with Crippen molar-refractivity contribution in [3.05, 3.63) is 16.8 Å². The van der Waals surface area contributed by atoms with Crippen molar-refractivity contribution in [2.45, 2.75) is 26.4 Å². The van der Waals surface area contributed by atoms with E-state index in [0.717, 1.165) is 5.56 Å². The second kappa shape index (κ2) is 6.58. The molecule has 2 rings (SSSR count). The molecule has 0 aliphatic carbocycles. The van der Waals surface area contributed by atoms with E-state index in [1.165, 1.54) is 4.80 Å². The average molecular weight is 295 g/mol. The van der Waals surface area contributed by atoms with Crippen molar-refractivity contribution >= 4 is 17.2 Å². The Labute approximate surface area is 120 Å². The number of aliphatic hydroxyl groups excluding tert-OH is 1. The molecule has 0 spiro atoms. The summed E-state index contributed by atoms with van der Waals surface area (Å²) in [6, 6.07) is 1.63. The average Bonchev–Trinajstić information content (AvgIpc) is 3.05. The molecule has 2 heterocycles. The number of hydrogen-bond donors (Lipinski definition) is 2. The molecule has 0 aromatic carbocycles. The fourth-order valence-corrected chi connectivity index (χ4v) is 2.26. The summed E-state index contributed by atoms with van der Waals surface area (Å²) in [5.74, 6) is 0.419. The van der Waals surface area contributed by atoms with Gasteiger partial charge in [0, 0.05) is 10.9 Å². The monoisotopic (exact) mass is 295 g/mol. The number of hydrogen-bond acceptors (Lipinski definition) is 6. The standard InChI is InChI=1S/C12H17N5O2S/c1-8(2)10(6-18)13-11(19)5-17-15-12(14-16-17)9-3-4-20-7-9/h3-4,7-8,10,18H,5-6H2,1-2H3,(H,13,19)/t10-/m1/s1. The number of thiophene rings is 1. The van der Waals surface area contributed by atoms with E-state index in [9.17, 15) is 9.90 Å². The van der Waals surface area contributed by atoms with Gasteiger partial charge in [-0.3, -0.25) is 4.79 Å². The van der Waals surface area contributed by atoms with Crippen LogP contribution in [0, 0.1) is 5.92 Å². The lowest BCUT2D eigenvalue weighted by Crippen LogP contribution is -2.42. The first kappa shape index (κ1) is 14.6. The zero-order valence-corrected chi connectivity index (χ0v) is 12.2. The van der Waals surface area contributed by atoms with Crippen LogP contribution < -0.4 is 5.32 Å². The summed E-state index contributed by atoms with van der Waals surface area (Å²) < 4.78 is 0. The SMILES string of the molecule is CC(C)[C@@H](CO)NC(=O)Cn1nnc(-c2ccsc2)n1. The van der Waals surface area contributed by atoms with Crippen molar-refractivity contribution in [2.24, 2.45) is 5.92 Å². The van der Waals surface area contributed by atoms with Crippen molar-refractivity contribution in [1.29, 1.82) is 0 Å². The second-order valence-corrected chi connectivity index (χ2v) is 5.54. The number of carbonyl (C=O) groups excluding carboxylic acids is 1. The Bertz CT molecular complexity index is 552. The maximum Gasteiger partial charge on any atom is 0.243 e. The van der Waals surface area contributed by atoms with Gasteiger partial charge in [0.15, 0.2) is 0 Å². The Kier molecular flexibility index (Phi) is 4.80. The summed E-state index contributed by atoms with van der Waals surface area (Å²) in [6.07, 6.45) is 0.